The third kappa shape index (κ3) is 5.93. The van der Waals surface area contributed by atoms with Crippen LogP contribution in [0.25, 0.3) is 11.1 Å². The molecule has 0 bridgehead atoms. The molecule has 1 saturated heterocycles. The minimum Gasteiger partial charge on any atom is -0.405 e. The van der Waals surface area contributed by atoms with Gasteiger partial charge in [0.05, 0.1) is 5.02 Å². The van der Waals surface area contributed by atoms with Gasteiger partial charge in [-0.05, 0) is 37.6 Å². The first-order valence-electron chi connectivity index (χ1n) is 9.94. The number of aliphatic hydroxyl groups excluding tert-OH is 1. The number of rotatable bonds is 7. The molecular formula is C22H28ClN3O3. The molecule has 0 aliphatic carbocycles. The summed E-state index contributed by atoms with van der Waals surface area (Å²) in [5.41, 5.74) is 3.36. The van der Waals surface area contributed by atoms with Gasteiger partial charge in [0.1, 0.15) is 0 Å². The number of amides is 1. The normalized spacial score (nSPS) is 15.9. The third-order valence-corrected chi connectivity index (χ3v) is 5.62. The Kier molecular flexibility index (Phi) is 7.89. The van der Waals surface area contributed by atoms with Crippen molar-refractivity contribution in [3.05, 3.63) is 59.1 Å². The van der Waals surface area contributed by atoms with Gasteiger partial charge in [0.2, 0.25) is 0 Å². The zero-order valence-electron chi connectivity index (χ0n) is 16.7. The van der Waals surface area contributed by atoms with Crippen LogP contribution in [0.15, 0.2) is 48.5 Å². The number of aliphatic hydroxyl groups is 1. The molecule has 2 N–H and O–H groups in total. The number of nitrogens with zero attached hydrogens (tertiary/aromatic N) is 2. The van der Waals surface area contributed by atoms with Crippen molar-refractivity contribution in [3.8, 4) is 11.1 Å². The molecule has 0 aromatic heterocycles. The number of piperazine rings is 1. The monoisotopic (exact) mass is 417 g/mol. The van der Waals surface area contributed by atoms with Gasteiger partial charge in [0, 0.05) is 31.7 Å². The van der Waals surface area contributed by atoms with Gasteiger partial charge in [-0.25, -0.2) is 4.79 Å². The number of nitrogens with one attached hydrogen (secondary N) is 1. The molecule has 1 amide bonds. The highest BCUT2D eigenvalue weighted by molar-refractivity contribution is 6.34. The first-order chi connectivity index (χ1) is 14.1. The number of hydrogen-bond donors (Lipinski definition) is 2. The predicted molar refractivity (Wildman–Crippen MR) is 115 cm³/mol. The van der Waals surface area contributed by atoms with Crippen LogP contribution in [-0.4, -0.2) is 67.2 Å². The van der Waals surface area contributed by atoms with E-state index in [-0.39, 0.29) is 0 Å². The lowest BCUT2D eigenvalue weighted by atomic mass is 10.0. The second kappa shape index (κ2) is 10.6. The van der Waals surface area contributed by atoms with E-state index >= 15 is 0 Å². The predicted octanol–water partition coefficient (Wildman–Crippen LogP) is 3.19. The van der Waals surface area contributed by atoms with E-state index in [0.29, 0.717) is 13.1 Å². The number of benzene rings is 2. The van der Waals surface area contributed by atoms with Gasteiger partial charge in [0.15, 0.2) is 0 Å². The molecule has 0 saturated carbocycles. The number of carbonyl (C=O) groups is 1. The molecule has 156 valence electrons. The van der Waals surface area contributed by atoms with Gasteiger partial charge in [-0.1, -0.05) is 60.1 Å². The second-order valence-electron chi connectivity index (χ2n) is 7.10. The van der Waals surface area contributed by atoms with Crippen molar-refractivity contribution < 1.29 is 14.6 Å². The van der Waals surface area contributed by atoms with Crippen molar-refractivity contribution >= 4 is 17.7 Å². The van der Waals surface area contributed by atoms with E-state index < -0.39 is 12.5 Å². The van der Waals surface area contributed by atoms with Crippen LogP contribution in [0.3, 0.4) is 0 Å². The Morgan fingerprint density at radius 2 is 1.86 bits per heavy atom. The van der Waals surface area contributed by atoms with Crippen LogP contribution < -0.4 is 5.32 Å². The summed E-state index contributed by atoms with van der Waals surface area (Å²) in [4.78, 5) is 15.9. The first kappa shape index (κ1) is 21.6. The van der Waals surface area contributed by atoms with Gasteiger partial charge >= 0.3 is 6.09 Å². The molecule has 3 rings (SSSR count). The SMILES string of the molecule is CNC(O)OC(=O)N1CCN(CCCc2cccc(-c3ccccc3)c2Cl)CC1. The van der Waals surface area contributed by atoms with E-state index in [1.807, 2.05) is 18.2 Å². The van der Waals surface area contributed by atoms with Gasteiger partial charge in [-0.15, -0.1) is 0 Å². The zero-order valence-corrected chi connectivity index (χ0v) is 17.4. The second-order valence-corrected chi connectivity index (χ2v) is 7.48. The van der Waals surface area contributed by atoms with Crippen LogP contribution in [0.2, 0.25) is 5.02 Å². The quantitative estimate of drug-likeness (QED) is 0.677. The van der Waals surface area contributed by atoms with Gasteiger partial charge in [0.25, 0.3) is 6.41 Å². The number of aryl methyl sites for hydroxylation is 1. The summed E-state index contributed by atoms with van der Waals surface area (Å²) >= 11 is 6.68. The van der Waals surface area contributed by atoms with E-state index in [4.69, 9.17) is 16.3 Å². The molecule has 1 heterocycles. The molecular weight excluding hydrogens is 390 g/mol. The highest BCUT2D eigenvalue weighted by atomic mass is 35.5. The molecule has 1 unspecified atom stereocenters. The van der Waals surface area contributed by atoms with Crippen molar-refractivity contribution in [2.24, 2.45) is 0 Å². The molecule has 1 aliphatic rings. The molecule has 29 heavy (non-hydrogen) atoms. The summed E-state index contributed by atoms with van der Waals surface area (Å²) in [7, 11) is 1.53. The molecule has 1 aliphatic heterocycles. The Bertz CT molecular complexity index is 795. The van der Waals surface area contributed by atoms with Crippen molar-refractivity contribution in [2.75, 3.05) is 39.8 Å². The molecule has 6 nitrogen and oxygen atoms in total. The molecule has 0 radical (unpaired) electrons. The third-order valence-electron chi connectivity index (χ3n) is 5.17. The summed E-state index contributed by atoms with van der Waals surface area (Å²) in [5, 5.41) is 12.6. The van der Waals surface area contributed by atoms with Gasteiger partial charge in [-0.3, -0.25) is 10.2 Å². The van der Waals surface area contributed by atoms with Crippen LogP contribution in [0, 0.1) is 0 Å². The average Bonchev–Trinajstić information content (AvgIpc) is 2.76. The minimum atomic E-state index is -1.27. The van der Waals surface area contributed by atoms with Crippen LogP contribution >= 0.6 is 11.6 Å². The highest BCUT2D eigenvalue weighted by Crippen LogP contribution is 2.31. The zero-order chi connectivity index (χ0) is 20.6. The van der Waals surface area contributed by atoms with E-state index in [2.05, 4.69) is 40.5 Å². The first-order valence-corrected chi connectivity index (χ1v) is 10.3. The fourth-order valence-electron chi connectivity index (χ4n) is 3.49. The smallest absolute Gasteiger partial charge is 0.405 e. The van der Waals surface area contributed by atoms with Crippen molar-refractivity contribution in [1.29, 1.82) is 0 Å². The topological polar surface area (TPSA) is 65.0 Å². The Labute approximate surface area is 177 Å². The lowest BCUT2D eigenvalue weighted by Gasteiger charge is -2.34. The summed E-state index contributed by atoms with van der Waals surface area (Å²) in [6.07, 6.45) is 0.157. The van der Waals surface area contributed by atoms with Gasteiger partial charge in [-0.2, -0.15) is 0 Å². The summed E-state index contributed by atoms with van der Waals surface area (Å²) in [5.74, 6) is 0. The minimum absolute atomic E-state index is 0.490. The van der Waals surface area contributed by atoms with Crippen LogP contribution in [0.4, 0.5) is 4.79 Å². The fourth-order valence-corrected chi connectivity index (χ4v) is 3.82. The Hall–Kier alpha value is -2.12. The molecule has 2 aromatic carbocycles. The van der Waals surface area contributed by atoms with E-state index in [0.717, 1.165) is 54.2 Å². The number of hydrogen-bond acceptors (Lipinski definition) is 5. The molecule has 1 atom stereocenters. The van der Waals surface area contributed by atoms with Crippen LogP contribution in [0.1, 0.15) is 12.0 Å². The standard InChI is InChI=1S/C22H28ClN3O3/c1-24-21(27)29-22(28)26-15-13-25(14-16-26)12-6-10-18-9-5-11-19(20(18)23)17-7-3-2-4-8-17/h2-5,7-9,11,21,24,27H,6,10,12-16H2,1H3. The lowest BCUT2D eigenvalue weighted by Crippen LogP contribution is -2.50. The number of halogens is 1. The largest absolute Gasteiger partial charge is 0.413 e. The maximum absolute atomic E-state index is 11.9. The molecule has 0 spiro atoms. The van der Waals surface area contributed by atoms with Crippen LogP contribution in [0.5, 0.6) is 0 Å². The van der Waals surface area contributed by atoms with Crippen LogP contribution in [-0.2, 0) is 11.2 Å². The summed E-state index contributed by atoms with van der Waals surface area (Å²) in [6, 6.07) is 16.4. The van der Waals surface area contributed by atoms with E-state index in [9.17, 15) is 9.90 Å². The highest BCUT2D eigenvalue weighted by Gasteiger charge is 2.23. The Balaban J connectivity index is 1.46. The maximum Gasteiger partial charge on any atom is 0.413 e. The van der Waals surface area contributed by atoms with E-state index in [1.54, 1.807) is 4.90 Å². The average molecular weight is 418 g/mol. The molecule has 2 aromatic rings. The lowest BCUT2D eigenvalue weighted by molar-refractivity contribution is -0.0830. The fraction of sp³-hybridized carbons (Fsp3) is 0.409. The summed E-state index contributed by atoms with van der Waals surface area (Å²) in [6.45, 7) is 3.73. The maximum atomic E-state index is 11.9. The van der Waals surface area contributed by atoms with Crippen molar-refractivity contribution in [2.45, 2.75) is 19.3 Å². The van der Waals surface area contributed by atoms with E-state index in [1.165, 1.54) is 7.05 Å². The Morgan fingerprint density at radius 1 is 1.14 bits per heavy atom. The number of ether oxygens (including phenoxy) is 1. The van der Waals surface area contributed by atoms with Crippen molar-refractivity contribution in [1.82, 2.24) is 15.1 Å². The number of carbonyl (C=O) groups excluding carboxylic acids is 1. The molecule has 1 fully saturated rings. The van der Waals surface area contributed by atoms with Crippen molar-refractivity contribution in [3.63, 3.8) is 0 Å². The Morgan fingerprint density at radius 3 is 2.55 bits per heavy atom. The molecule has 7 heteroatoms. The van der Waals surface area contributed by atoms with Gasteiger partial charge < -0.3 is 14.7 Å². The summed E-state index contributed by atoms with van der Waals surface area (Å²) < 4.78 is 4.87.